The molecule has 1 saturated heterocycles. The SMILES string of the molecule is O=S(=O)(CCC1OCCO1)c1ccccc1. The Balaban J connectivity index is 1.98. The fraction of sp³-hybridized carbons (Fsp3) is 0.455. The first-order valence-corrected chi connectivity index (χ1v) is 6.85. The van der Waals surface area contributed by atoms with Crippen LogP contribution in [-0.2, 0) is 19.3 Å². The van der Waals surface area contributed by atoms with Gasteiger partial charge in [0.25, 0.3) is 0 Å². The van der Waals surface area contributed by atoms with E-state index in [-0.39, 0.29) is 12.0 Å². The highest BCUT2D eigenvalue weighted by atomic mass is 32.2. The van der Waals surface area contributed by atoms with E-state index in [4.69, 9.17) is 9.47 Å². The molecule has 0 unspecified atom stereocenters. The molecule has 0 atom stereocenters. The molecule has 0 bridgehead atoms. The molecular formula is C11H14O4S. The lowest BCUT2D eigenvalue weighted by Crippen LogP contribution is -2.15. The first-order valence-electron chi connectivity index (χ1n) is 5.19. The van der Waals surface area contributed by atoms with Gasteiger partial charge in [-0.1, -0.05) is 18.2 Å². The van der Waals surface area contributed by atoms with Crippen LogP contribution in [0.4, 0.5) is 0 Å². The fourth-order valence-corrected chi connectivity index (χ4v) is 2.88. The van der Waals surface area contributed by atoms with Crippen LogP contribution in [0, 0.1) is 0 Å². The zero-order valence-corrected chi connectivity index (χ0v) is 9.65. The van der Waals surface area contributed by atoms with Crippen molar-refractivity contribution in [1.82, 2.24) is 0 Å². The van der Waals surface area contributed by atoms with Crippen molar-refractivity contribution < 1.29 is 17.9 Å². The van der Waals surface area contributed by atoms with E-state index in [1.54, 1.807) is 30.3 Å². The molecule has 0 aromatic heterocycles. The maximum absolute atomic E-state index is 11.9. The molecule has 1 aromatic carbocycles. The van der Waals surface area contributed by atoms with Crippen molar-refractivity contribution in [2.75, 3.05) is 19.0 Å². The summed E-state index contributed by atoms with van der Waals surface area (Å²) in [5, 5.41) is 0. The molecule has 4 nitrogen and oxygen atoms in total. The molecule has 1 aliphatic rings. The van der Waals surface area contributed by atoms with Gasteiger partial charge >= 0.3 is 0 Å². The summed E-state index contributed by atoms with van der Waals surface area (Å²) in [4.78, 5) is 0.355. The van der Waals surface area contributed by atoms with E-state index < -0.39 is 9.84 Å². The molecule has 16 heavy (non-hydrogen) atoms. The van der Waals surface area contributed by atoms with Crippen LogP contribution < -0.4 is 0 Å². The van der Waals surface area contributed by atoms with Gasteiger partial charge in [-0.05, 0) is 12.1 Å². The van der Waals surface area contributed by atoms with Crippen LogP contribution in [-0.4, -0.2) is 33.7 Å². The number of rotatable bonds is 4. The van der Waals surface area contributed by atoms with E-state index in [9.17, 15) is 8.42 Å². The lowest BCUT2D eigenvalue weighted by atomic mass is 10.4. The molecule has 88 valence electrons. The fourth-order valence-electron chi connectivity index (χ4n) is 1.57. The van der Waals surface area contributed by atoms with Crippen molar-refractivity contribution in [1.29, 1.82) is 0 Å². The van der Waals surface area contributed by atoms with Gasteiger partial charge in [0.2, 0.25) is 0 Å². The Hall–Kier alpha value is -0.910. The third-order valence-electron chi connectivity index (χ3n) is 2.42. The van der Waals surface area contributed by atoms with E-state index in [1.165, 1.54) is 0 Å². The van der Waals surface area contributed by atoms with Gasteiger partial charge in [0.15, 0.2) is 16.1 Å². The Morgan fingerprint density at radius 2 is 1.75 bits per heavy atom. The quantitative estimate of drug-likeness (QED) is 0.796. The molecule has 1 heterocycles. The highest BCUT2D eigenvalue weighted by molar-refractivity contribution is 7.91. The Bertz CT molecular complexity index is 421. The highest BCUT2D eigenvalue weighted by Gasteiger charge is 2.21. The van der Waals surface area contributed by atoms with Gasteiger partial charge in [-0.2, -0.15) is 0 Å². The number of hydrogen-bond acceptors (Lipinski definition) is 4. The van der Waals surface area contributed by atoms with E-state index in [1.807, 2.05) is 0 Å². The summed E-state index contributed by atoms with van der Waals surface area (Å²) in [6, 6.07) is 8.44. The second-order valence-corrected chi connectivity index (χ2v) is 5.70. The first-order chi connectivity index (χ1) is 7.68. The predicted molar refractivity (Wildman–Crippen MR) is 58.8 cm³/mol. The predicted octanol–water partition coefficient (Wildman–Crippen LogP) is 1.22. The Labute approximate surface area is 95.1 Å². The van der Waals surface area contributed by atoms with Gasteiger partial charge in [-0.3, -0.25) is 0 Å². The van der Waals surface area contributed by atoms with Gasteiger partial charge in [-0.25, -0.2) is 8.42 Å². The molecule has 5 heteroatoms. The van der Waals surface area contributed by atoms with Crippen molar-refractivity contribution in [3.05, 3.63) is 30.3 Å². The van der Waals surface area contributed by atoms with E-state index in [0.717, 1.165) is 0 Å². The molecule has 2 rings (SSSR count). The molecule has 0 saturated carbocycles. The number of ether oxygens (including phenoxy) is 2. The molecular weight excluding hydrogens is 228 g/mol. The van der Waals surface area contributed by atoms with Crippen LogP contribution >= 0.6 is 0 Å². The topological polar surface area (TPSA) is 52.6 Å². The summed E-state index contributed by atoms with van der Waals surface area (Å²) < 4.78 is 34.2. The van der Waals surface area contributed by atoms with Crippen LogP contribution in [0.15, 0.2) is 35.2 Å². The average molecular weight is 242 g/mol. The van der Waals surface area contributed by atoms with Gasteiger partial charge in [0.1, 0.15) is 0 Å². The zero-order chi connectivity index (χ0) is 11.4. The van der Waals surface area contributed by atoms with Crippen LogP contribution in [0.5, 0.6) is 0 Å². The summed E-state index contributed by atoms with van der Waals surface area (Å²) in [7, 11) is -3.21. The summed E-state index contributed by atoms with van der Waals surface area (Å²) in [5.41, 5.74) is 0. The van der Waals surface area contributed by atoms with E-state index in [2.05, 4.69) is 0 Å². The molecule has 1 aliphatic heterocycles. The minimum atomic E-state index is -3.21. The van der Waals surface area contributed by atoms with Crippen molar-refractivity contribution >= 4 is 9.84 Å². The first kappa shape index (κ1) is 11.6. The van der Waals surface area contributed by atoms with Gasteiger partial charge in [0, 0.05) is 6.42 Å². The minimum absolute atomic E-state index is 0.0572. The van der Waals surface area contributed by atoms with Crippen molar-refractivity contribution in [2.45, 2.75) is 17.6 Å². The lowest BCUT2D eigenvalue weighted by molar-refractivity contribution is -0.0424. The van der Waals surface area contributed by atoms with Gasteiger partial charge in [0.05, 0.1) is 23.9 Å². The van der Waals surface area contributed by atoms with Crippen molar-refractivity contribution in [2.24, 2.45) is 0 Å². The number of benzene rings is 1. The monoisotopic (exact) mass is 242 g/mol. The number of hydrogen-bond donors (Lipinski definition) is 0. The third kappa shape index (κ3) is 2.81. The minimum Gasteiger partial charge on any atom is -0.350 e. The molecule has 1 fully saturated rings. The summed E-state index contributed by atoms with van der Waals surface area (Å²) >= 11 is 0. The lowest BCUT2D eigenvalue weighted by Gasteiger charge is -2.09. The molecule has 1 aromatic rings. The van der Waals surface area contributed by atoms with Crippen LogP contribution in [0.2, 0.25) is 0 Å². The van der Waals surface area contributed by atoms with Crippen LogP contribution in [0.1, 0.15) is 6.42 Å². The van der Waals surface area contributed by atoms with Crippen molar-refractivity contribution in [3.8, 4) is 0 Å². The maximum Gasteiger partial charge on any atom is 0.178 e. The van der Waals surface area contributed by atoms with Crippen molar-refractivity contribution in [3.63, 3.8) is 0 Å². The zero-order valence-electron chi connectivity index (χ0n) is 8.83. The largest absolute Gasteiger partial charge is 0.350 e. The number of sulfone groups is 1. The Morgan fingerprint density at radius 3 is 2.38 bits per heavy atom. The van der Waals surface area contributed by atoms with Crippen LogP contribution in [0.25, 0.3) is 0 Å². The summed E-state index contributed by atoms with van der Waals surface area (Å²) in [6.45, 7) is 1.10. The second-order valence-electron chi connectivity index (χ2n) is 3.59. The Kier molecular flexibility index (Phi) is 3.58. The maximum atomic E-state index is 11.9. The summed E-state index contributed by atoms with van der Waals surface area (Å²) in [5.74, 6) is 0.0572. The van der Waals surface area contributed by atoms with E-state index >= 15 is 0 Å². The smallest absolute Gasteiger partial charge is 0.178 e. The standard InChI is InChI=1S/C11H14O4S/c12-16(13,10-4-2-1-3-5-10)9-6-11-14-7-8-15-11/h1-5,11H,6-9H2. The molecule has 0 spiro atoms. The van der Waals surface area contributed by atoms with Crippen LogP contribution in [0.3, 0.4) is 0 Å². The normalized spacial score (nSPS) is 17.8. The Morgan fingerprint density at radius 1 is 1.12 bits per heavy atom. The highest BCUT2D eigenvalue weighted by Crippen LogP contribution is 2.15. The average Bonchev–Trinajstić information content (AvgIpc) is 2.81. The molecule has 0 radical (unpaired) electrons. The van der Waals surface area contributed by atoms with E-state index in [0.29, 0.717) is 24.5 Å². The molecule has 0 N–H and O–H groups in total. The molecule has 0 aliphatic carbocycles. The summed E-state index contributed by atoms with van der Waals surface area (Å²) in [6.07, 6.45) is 0.0236. The van der Waals surface area contributed by atoms with Gasteiger partial charge < -0.3 is 9.47 Å². The third-order valence-corrected chi connectivity index (χ3v) is 4.18. The second kappa shape index (κ2) is 4.95. The van der Waals surface area contributed by atoms with Gasteiger partial charge in [-0.15, -0.1) is 0 Å². The molecule has 0 amide bonds.